The Labute approximate surface area is 108 Å². The van der Waals surface area contributed by atoms with Gasteiger partial charge in [0.1, 0.15) is 6.10 Å². The molecule has 1 nitrogen and oxygen atoms in total. The van der Waals surface area contributed by atoms with Crippen molar-refractivity contribution in [3.05, 3.63) is 70.8 Å². The van der Waals surface area contributed by atoms with E-state index >= 15 is 0 Å². The molecule has 1 aliphatic carbocycles. The van der Waals surface area contributed by atoms with Crippen molar-refractivity contribution in [1.29, 1.82) is 0 Å². The number of benzene rings is 2. The van der Waals surface area contributed by atoms with Gasteiger partial charge >= 0.3 is 0 Å². The molecule has 3 rings (SSSR count). The summed E-state index contributed by atoms with van der Waals surface area (Å²) < 4.78 is 0. The van der Waals surface area contributed by atoms with E-state index in [0.717, 1.165) is 17.0 Å². The summed E-state index contributed by atoms with van der Waals surface area (Å²) in [5.41, 5.74) is 4.56. The van der Waals surface area contributed by atoms with E-state index in [1.807, 2.05) is 30.3 Å². The van der Waals surface area contributed by atoms with E-state index < -0.39 is 6.10 Å². The third-order valence-corrected chi connectivity index (χ3v) is 3.67. The van der Waals surface area contributed by atoms with Crippen LogP contribution in [0.15, 0.2) is 48.5 Å². The summed E-state index contributed by atoms with van der Waals surface area (Å²) in [7, 11) is 0. The maximum absolute atomic E-state index is 10.4. The van der Waals surface area contributed by atoms with Crippen molar-refractivity contribution in [3.63, 3.8) is 0 Å². The monoisotopic (exact) mass is 238 g/mol. The van der Waals surface area contributed by atoms with Crippen LogP contribution in [0.1, 0.15) is 47.1 Å². The van der Waals surface area contributed by atoms with Gasteiger partial charge in [0.2, 0.25) is 0 Å². The molecule has 2 aromatic rings. The molecule has 92 valence electrons. The van der Waals surface area contributed by atoms with Crippen LogP contribution in [0.4, 0.5) is 0 Å². The van der Waals surface area contributed by atoms with E-state index in [2.05, 4.69) is 25.1 Å². The maximum atomic E-state index is 10.4. The minimum Gasteiger partial charge on any atom is -0.384 e. The molecule has 0 amide bonds. The van der Waals surface area contributed by atoms with Gasteiger partial charge in [0.05, 0.1) is 0 Å². The van der Waals surface area contributed by atoms with E-state index in [1.54, 1.807) is 0 Å². The van der Waals surface area contributed by atoms with Crippen LogP contribution in [0.25, 0.3) is 0 Å². The van der Waals surface area contributed by atoms with Gasteiger partial charge in [0, 0.05) is 0 Å². The Hall–Kier alpha value is -1.60. The lowest BCUT2D eigenvalue weighted by Crippen LogP contribution is -2.00. The van der Waals surface area contributed by atoms with Gasteiger partial charge in [0.25, 0.3) is 0 Å². The lowest BCUT2D eigenvalue weighted by Gasteiger charge is -2.13. The molecule has 0 aromatic heterocycles. The Morgan fingerprint density at radius 3 is 2.39 bits per heavy atom. The van der Waals surface area contributed by atoms with Crippen LogP contribution in [0.5, 0.6) is 0 Å². The molecule has 0 spiro atoms. The molecule has 2 aromatic carbocycles. The highest BCUT2D eigenvalue weighted by molar-refractivity contribution is 5.35. The molecule has 0 aliphatic heterocycles. The zero-order chi connectivity index (χ0) is 12.5. The number of aliphatic hydroxyl groups is 1. The third kappa shape index (κ3) is 2.32. The summed E-state index contributed by atoms with van der Waals surface area (Å²) in [5, 5.41) is 10.4. The number of hydrogen-bond acceptors (Lipinski definition) is 1. The van der Waals surface area contributed by atoms with Crippen molar-refractivity contribution in [1.82, 2.24) is 0 Å². The summed E-state index contributed by atoms with van der Waals surface area (Å²) in [6.45, 7) is 2.06. The highest BCUT2D eigenvalue weighted by atomic mass is 16.3. The molecule has 1 heteroatoms. The Balaban J connectivity index is 1.88. The summed E-state index contributed by atoms with van der Waals surface area (Å²) in [6, 6.07) is 16.5. The Kier molecular flexibility index (Phi) is 2.92. The van der Waals surface area contributed by atoms with Crippen LogP contribution in [0, 0.1) is 6.92 Å². The van der Waals surface area contributed by atoms with Crippen molar-refractivity contribution < 1.29 is 5.11 Å². The maximum Gasteiger partial charge on any atom is 0.104 e. The van der Waals surface area contributed by atoms with Crippen molar-refractivity contribution >= 4 is 0 Å². The van der Waals surface area contributed by atoms with Crippen molar-refractivity contribution in [2.24, 2.45) is 0 Å². The average molecular weight is 238 g/mol. The minimum atomic E-state index is -0.510. The van der Waals surface area contributed by atoms with E-state index in [1.165, 1.54) is 24.0 Å². The first kappa shape index (κ1) is 11.5. The molecule has 0 bridgehead atoms. The van der Waals surface area contributed by atoms with Gasteiger partial charge in [-0.25, -0.2) is 0 Å². The number of aryl methyl sites for hydroxylation is 1. The van der Waals surface area contributed by atoms with Gasteiger partial charge in [0.15, 0.2) is 0 Å². The van der Waals surface area contributed by atoms with Gasteiger partial charge in [-0.2, -0.15) is 0 Å². The molecular formula is C17H18O. The lowest BCUT2D eigenvalue weighted by molar-refractivity contribution is 0.220. The molecule has 1 fully saturated rings. The molecule has 1 atom stereocenters. The number of aliphatic hydroxyl groups excluding tert-OH is 1. The van der Waals surface area contributed by atoms with Crippen molar-refractivity contribution in [3.8, 4) is 0 Å². The van der Waals surface area contributed by atoms with Crippen molar-refractivity contribution in [2.75, 3.05) is 0 Å². The minimum absolute atomic E-state index is 0.510. The van der Waals surface area contributed by atoms with Gasteiger partial charge in [-0.15, -0.1) is 0 Å². The number of rotatable bonds is 3. The Bertz CT molecular complexity index is 538. The fourth-order valence-electron chi connectivity index (χ4n) is 2.34. The van der Waals surface area contributed by atoms with E-state index in [9.17, 15) is 5.11 Å². The van der Waals surface area contributed by atoms with Crippen LogP contribution >= 0.6 is 0 Å². The fraction of sp³-hybridized carbons (Fsp3) is 0.294. The summed E-state index contributed by atoms with van der Waals surface area (Å²) in [6.07, 6.45) is 2.08. The predicted octanol–water partition coefficient (Wildman–Crippen LogP) is 3.95. The lowest BCUT2D eigenvalue weighted by atomic mass is 9.98. The first-order chi connectivity index (χ1) is 8.74. The zero-order valence-corrected chi connectivity index (χ0v) is 10.6. The van der Waals surface area contributed by atoms with E-state index in [-0.39, 0.29) is 0 Å². The summed E-state index contributed by atoms with van der Waals surface area (Å²) in [5.74, 6) is 0.732. The quantitative estimate of drug-likeness (QED) is 0.858. The summed E-state index contributed by atoms with van der Waals surface area (Å²) in [4.78, 5) is 0. The van der Waals surface area contributed by atoms with Crippen LogP contribution in [-0.4, -0.2) is 5.11 Å². The van der Waals surface area contributed by atoms with Crippen LogP contribution in [0.3, 0.4) is 0 Å². The second kappa shape index (κ2) is 4.58. The van der Waals surface area contributed by atoms with Gasteiger partial charge in [-0.05, 0) is 42.4 Å². The van der Waals surface area contributed by atoms with Crippen LogP contribution in [-0.2, 0) is 0 Å². The first-order valence-electron chi connectivity index (χ1n) is 6.58. The van der Waals surface area contributed by atoms with Crippen LogP contribution in [0.2, 0.25) is 0 Å². The molecule has 1 unspecified atom stereocenters. The normalized spacial score (nSPS) is 16.6. The van der Waals surface area contributed by atoms with Crippen molar-refractivity contribution in [2.45, 2.75) is 31.8 Å². The third-order valence-electron chi connectivity index (χ3n) is 3.67. The molecule has 0 heterocycles. The molecule has 1 saturated carbocycles. The second-order valence-corrected chi connectivity index (χ2v) is 5.26. The van der Waals surface area contributed by atoms with Gasteiger partial charge in [-0.1, -0.05) is 54.1 Å². The topological polar surface area (TPSA) is 20.2 Å². The molecule has 18 heavy (non-hydrogen) atoms. The average Bonchev–Trinajstić information content (AvgIpc) is 3.23. The molecule has 0 saturated heterocycles. The van der Waals surface area contributed by atoms with Gasteiger partial charge < -0.3 is 5.11 Å². The standard InChI is InChI=1S/C17H18O/c1-12-5-7-14(8-6-12)17(18)16-4-2-3-15(11-16)13-9-10-13/h2-8,11,13,17-18H,9-10H2,1H3. The predicted molar refractivity (Wildman–Crippen MR) is 73.7 cm³/mol. The van der Waals surface area contributed by atoms with E-state index in [0.29, 0.717) is 0 Å². The van der Waals surface area contributed by atoms with Gasteiger partial charge in [-0.3, -0.25) is 0 Å². The van der Waals surface area contributed by atoms with E-state index in [4.69, 9.17) is 0 Å². The Morgan fingerprint density at radius 2 is 1.72 bits per heavy atom. The number of hydrogen-bond donors (Lipinski definition) is 1. The summed E-state index contributed by atoms with van der Waals surface area (Å²) >= 11 is 0. The second-order valence-electron chi connectivity index (χ2n) is 5.26. The molecular weight excluding hydrogens is 220 g/mol. The highest BCUT2D eigenvalue weighted by Gasteiger charge is 2.24. The smallest absolute Gasteiger partial charge is 0.104 e. The largest absolute Gasteiger partial charge is 0.384 e. The highest BCUT2D eigenvalue weighted by Crippen LogP contribution is 2.40. The first-order valence-corrected chi connectivity index (χ1v) is 6.58. The molecule has 1 aliphatic rings. The fourth-order valence-corrected chi connectivity index (χ4v) is 2.34. The zero-order valence-electron chi connectivity index (χ0n) is 10.6. The SMILES string of the molecule is Cc1ccc(C(O)c2cccc(C3CC3)c2)cc1. The molecule has 1 N–H and O–H groups in total. The van der Waals surface area contributed by atoms with Crippen LogP contribution < -0.4 is 0 Å². The molecule has 0 radical (unpaired) electrons. The Morgan fingerprint density at radius 1 is 1.00 bits per heavy atom.